The number of aryl methyl sites for hydroxylation is 1. The fourth-order valence-electron chi connectivity index (χ4n) is 1.59. The van der Waals surface area contributed by atoms with Gasteiger partial charge in [-0.2, -0.15) is 10.1 Å². The molecule has 0 bridgehead atoms. The number of halogens is 1. The molecule has 0 saturated heterocycles. The molecule has 1 amide bonds. The molecule has 0 fully saturated rings. The molecular weight excluding hydrogens is 227 g/mol. The minimum Gasteiger partial charge on any atom is -0.477 e. The first-order valence-corrected chi connectivity index (χ1v) is 4.89. The van der Waals surface area contributed by atoms with E-state index >= 15 is 0 Å². The molecule has 1 aromatic carbocycles. The number of hydrogen-bond acceptors (Lipinski definition) is 3. The molecule has 1 aromatic rings. The van der Waals surface area contributed by atoms with Gasteiger partial charge in [-0.1, -0.05) is 0 Å². The van der Waals surface area contributed by atoms with Gasteiger partial charge in [-0.25, -0.2) is 9.18 Å². The Morgan fingerprint density at radius 2 is 2.24 bits per heavy atom. The van der Waals surface area contributed by atoms with E-state index in [9.17, 15) is 14.0 Å². The third-order valence-corrected chi connectivity index (χ3v) is 2.41. The average Bonchev–Trinajstić information content (AvgIpc) is 2.61. The molecule has 1 N–H and O–H groups in total. The van der Waals surface area contributed by atoms with Gasteiger partial charge >= 0.3 is 5.97 Å². The summed E-state index contributed by atoms with van der Waals surface area (Å²) in [5.41, 5.74) is 0.708. The van der Waals surface area contributed by atoms with Gasteiger partial charge in [0.2, 0.25) is 0 Å². The summed E-state index contributed by atoms with van der Waals surface area (Å²) in [6.07, 6.45) is -0.244. The standard InChI is InChI=1S/C11H9FN2O3/c1-6-4-7(12)2-3-9(6)14-10(15)5-8(13-14)11(16)17/h2-4H,5H2,1H3,(H,16,17). The van der Waals surface area contributed by atoms with Gasteiger partial charge in [-0.15, -0.1) is 0 Å². The molecule has 6 heteroatoms. The summed E-state index contributed by atoms with van der Waals surface area (Å²) in [6, 6.07) is 3.86. The number of carboxylic acid groups (broad SMARTS) is 1. The number of nitrogens with zero attached hydrogens (tertiary/aromatic N) is 2. The minimum absolute atomic E-state index is 0.210. The molecule has 0 unspecified atom stereocenters. The predicted molar refractivity (Wildman–Crippen MR) is 58.3 cm³/mol. The Balaban J connectivity index is 2.40. The van der Waals surface area contributed by atoms with Crippen molar-refractivity contribution in [3.05, 3.63) is 29.6 Å². The molecule has 1 heterocycles. The number of anilines is 1. The monoisotopic (exact) mass is 236 g/mol. The molecule has 1 aliphatic rings. The Morgan fingerprint density at radius 3 is 2.76 bits per heavy atom. The van der Waals surface area contributed by atoms with Crippen LogP contribution in [0.5, 0.6) is 0 Å². The van der Waals surface area contributed by atoms with Gasteiger partial charge in [-0.3, -0.25) is 4.79 Å². The van der Waals surface area contributed by atoms with Gasteiger partial charge < -0.3 is 5.11 Å². The Bertz CT molecular complexity index is 540. The molecule has 17 heavy (non-hydrogen) atoms. The highest BCUT2D eigenvalue weighted by Gasteiger charge is 2.29. The number of aliphatic carboxylic acids is 1. The highest BCUT2D eigenvalue weighted by Crippen LogP contribution is 2.25. The van der Waals surface area contributed by atoms with Crippen molar-refractivity contribution < 1.29 is 19.1 Å². The minimum atomic E-state index is -1.22. The van der Waals surface area contributed by atoms with E-state index in [-0.39, 0.29) is 12.1 Å². The number of amides is 1. The molecule has 0 saturated carbocycles. The zero-order valence-corrected chi connectivity index (χ0v) is 8.98. The summed E-state index contributed by atoms with van der Waals surface area (Å²) in [5, 5.41) is 13.4. The predicted octanol–water partition coefficient (Wildman–Crippen LogP) is 1.31. The highest BCUT2D eigenvalue weighted by atomic mass is 19.1. The lowest BCUT2D eigenvalue weighted by Gasteiger charge is -2.14. The number of carbonyl (C=O) groups excluding carboxylic acids is 1. The van der Waals surface area contributed by atoms with Crippen LogP contribution in [0.15, 0.2) is 23.3 Å². The molecule has 2 rings (SSSR count). The normalized spacial score (nSPS) is 15.1. The summed E-state index contributed by atoms with van der Waals surface area (Å²) in [5.74, 6) is -2.07. The molecular formula is C11H9FN2O3. The third kappa shape index (κ3) is 2.01. The van der Waals surface area contributed by atoms with Crippen LogP contribution in [0.25, 0.3) is 0 Å². The lowest BCUT2D eigenvalue weighted by atomic mass is 10.2. The van der Waals surface area contributed by atoms with E-state index in [1.807, 2.05) is 0 Å². The Hall–Kier alpha value is -2.24. The summed E-state index contributed by atoms with van der Waals surface area (Å²) in [4.78, 5) is 22.3. The van der Waals surface area contributed by atoms with E-state index in [1.54, 1.807) is 6.92 Å². The quantitative estimate of drug-likeness (QED) is 0.841. The van der Waals surface area contributed by atoms with Gasteiger partial charge in [0.05, 0.1) is 12.1 Å². The molecule has 5 nitrogen and oxygen atoms in total. The van der Waals surface area contributed by atoms with Crippen molar-refractivity contribution in [3.63, 3.8) is 0 Å². The summed E-state index contributed by atoms with van der Waals surface area (Å²) in [7, 11) is 0. The number of benzene rings is 1. The summed E-state index contributed by atoms with van der Waals surface area (Å²) < 4.78 is 12.9. The van der Waals surface area contributed by atoms with Crippen molar-refractivity contribution in [2.24, 2.45) is 5.10 Å². The number of rotatable bonds is 2. The zero-order chi connectivity index (χ0) is 12.6. The molecule has 1 aliphatic heterocycles. The smallest absolute Gasteiger partial charge is 0.352 e. The maximum atomic E-state index is 12.9. The molecule has 0 aliphatic carbocycles. The fraction of sp³-hybridized carbons (Fsp3) is 0.182. The third-order valence-electron chi connectivity index (χ3n) is 2.41. The van der Waals surface area contributed by atoms with Crippen LogP contribution in [0.1, 0.15) is 12.0 Å². The second-order valence-corrected chi connectivity index (χ2v) is 3.66. The molecule has 0 aromatic heterocycles. The molecule has 88 valence electrons. The van der Waals surface area contributed by atoms with Crippen LogP contribution in [0, 0.1) is 12.7 Å². The van der Waals surface area contributed by atoms with Crippen LogP contribution in [-0.4, -0.2) is 22.7 Å². The van der Waals surface area contributed by atoms with Crippen molar-refractivity contribution >= 4 is 23.3 Å². The molecule has 0 atom stereocenters. The van der Waals surface area contributed by atoms with Gasteiger partial charge in [0.15, 0.2) is 5.71 Å². The van der Waals surface area contributed by atoms with Crippen LogP contribution in [0.2, 0.25) is 0 Å². The van der Waals surface area contributed by atoms with Gasteiger partial charge in [0.25, 0.3) is 5.91 Å². The Morgan fingerprint density at radius 1 is 1.53 bits per heavy atom. The van der Waals surface area contributed by atoms with Gasteiger partial charge in [0.1, 0.15) is 5.82 Å². The van der Waals surface area contributed by atoms with Crippen LogP contribution in [0.3, 0.4) is 0 Å². The van der Waals surface area contributed by atoms with E-state index in [0.29, 0.717) is 11.3 Å². The lowest BCUT2D eigenvalue weighted by Crippen LogP contribution is -2.20. The second kappa shape index (κ2) is 3.97. The largest absolute Gasteiger partial charge is 0.477 e. The van der Waals surface area contributed by atoms with Crippen LogP contribution in [0.4, 0.5) is 10.1 Å². The summed E-state index contributed by atoms with van der Waals surface area (Å²) in [6.45, 7) is 1.62. The van der Waals surface area contributed by atoms with Crippen LogP contribution >= 0.6 is 0 Å². The molecule has 0 spiro atoms. The number of carbonyl (C=O) groups is 2. The SMILES string of the molecule is Cc1cc(F)ccc1N1N=C(C(=O)O)CC1=O. The highest BCUT2D eigenvalue weighted by molar-refractivity contribution is 6.42. The van der Waals surface area contributed by atoms with E-state index in [4.69, 9.17) is 5.11 Å². The van der Waals surface area contributed by atoms with E-state index in [2.05, 4.69) is 5.10 Å². The first kappa shape index (κ1) is 11.3. The average molecular weight is 236 g/mol. The number of hydrazone groups is 1. The van der Waals surface area contributed by atoms with Crippen LogP contribution in [-0.2, 0) is 9.59 Å². The number of carboxylic acids is 1. The topological polar surface area (TPSA) is 70.0 Å². The zero-order valence-electron chi connectivity index (χ0n) is 8.98. The van der Waals surface area contributed by atoms with E-state index < -0.39 is 17.7 Å². The maximum Gasteiger partial charge on any atom is 0.352 e. The molecule has 0 radical (unpaired) electrons. The van der Waals surface area contributed by atoms with Crippen molar-refractivity contribution in [1.82, 2.24) is 0 Å². The Kier molecular flexibility index (Phi) is 2.63. The summed E-state index contributed by atoms with van der Waals surface area (Å²) >= 11 is 0. The fourth-order valence-corrected chi connectivity index (χ4v) is 1.59. The maximum absolute atomic E-state index is 12.9. The van der Waals surface area contributed by atoms with Crippen molar-refractivity contribution in [3.8, 4) is 0 Å². The lowest BCUT2D eigenvalue weighted by molar-refractivity contribution is -0.129. The number of hydrogen-bond donors (Lipinski definition) is 1. The first-order valence-electron chi connectivity index (χ1n) is 4.89. The van der Waals surface area contributed by atoms with Crippen molar-refractivity contribution in [1.29, 1.82) is 0 Å². The van der Waals surface area contributed by atoms with Crippen molar-refractivity contribution in [2.45, 2.75) is 13.3 Å². The first-order chi connectivity index (χ1) is 7.99. The Labute approximate surface area is 96.2 Å². The van der Waals surface area contributed by atoms with E-state index in [1.165, 1.54) is 18.2 Å². The second-order valence-electron chi connectivity index (χ2n) is 3.66. The van der Waals surface area contributed by atoms with Gasteiger partial charge in [-0.05, 0) is 30.7 Å². The van der Waals surface area contributed by atoms with Crippen molar-refractivity contribution in [2.75, 3.05) is 5.01 Å². The van der Waals surface area contributed by atoms with Crippen LogP contribution < -0.4 is 5.01 Å². The van der Waals surface area contributed by atoms with E-state index in [0.717, 1.165) is 5.01 Å². The van der Waals surface area contributed by atoms with Gasteiger partial charge in [0, 0.05) is 0 Å².